The van der Waals surface area contributed by atoms with Gasteiger partial charge in [-0.1, -0.05) is 30.3 Å². The van der Waals surface area contributed by atoms with Crippen molar-refractivity contribution in [2.45, 2.75) is 6.04 Å². The van der Waals surface area contributed by atoms with Gasteiger partial charge in [0.15, 0.2) is 0 Å². The predicted molar refractivity (Wildman–Crippen MR) is 75.2 cm³/mol. The Kier molecular flexibility index (Phi) is 3.57. The average molecular weight is 273 g/mol. The number of piperazine rings is 1. The summed E-state index contributed by atoms with van der Waals surface area (Å²) in [5, 5.41) is 3.36. The van der Waals surface area contributed by atoms with Crippen molar-refractivity contribution in [2.24, 2.45) is 0 Å². The van der Waals surface area contributed by atoms with Crippen LogP contribution in [0.25, 0.3) is 0 Å². The first-order chi connectivity index (χ1) is 9.36. The van der Waals surface area contributed by atoms with Gasteiger partial charge in [-0.3, -0.25) is 9.78 Å². The molecular weight excluding hydrogens is 258 g/mol. The maximum absolute atomic E-state index is 12.5. The van der Waals surface area contributed by atoms with E-state index >= 15 is 0 Å². The van der Waals surface area contributed by atoms with Crippen LogP contribution in [0.2, 0.25) is 0 Å². The molecule has 5 heteroatoms. The Labute approximate surface area is 116 Å². The quantitative estimate of drug-likeness (QED) is 0.909. The van der Waals surface area contributed by atoms with Gasteiger partial charge in [0.1, 0.15) is 4.88 Å². The minimum absolute atomic E-state index is 0.0813. The van der Waals surface area contributed by atoms with Crippen LogP contribution in [-0.4, -0.2) is 35.4 Å². The fourth-order valence-electron chi connectivity index (χ4n) is 2.38. The van der Waals surface area contributed by atoms with E-state index in [9.17, 15) is 4.79 Å². The van der Waals surface area contributed by atoms with Gasteiger partial charge in [-0.05, 0) is 5.56 Å². The molecule has 1 fully saturated rings. The molecule has 1 N–H and O–H groups in total. The van der Waals surface area contributed by atoms with E-state index in [1.807, 2.05) is 23.1 Å². The lowest BCUT2D eigenvalue weighted by Gasteiger charge is -2.36. The van der Waals surface area contributed by atoms with E-state index in [0.717, 1.165) is 19.6 Å². The molecule has 2 aromatic rings. The monoisotopic (exact) mass is 273 g/mol. The number of thiazole rings is 1. The van der Waals surface area contributed by atoms with Crippen LogP contribution in [0.1, 0.15) is 21.3 Å². The number of nitrogens with one attached hydrogen (secondary N) is 1. The zero-order valence-electron chi connectivity index (χ0n) is 10.5. The molecule has 1 aliphatic heterocycles. The highest BCUT2D eigenvalue weighted by atomic mass is 32.1. The molecule has 2 heterocycles. The first kappa shape index (κ1) is 12.3. The number of amides is 1. The number of hydrogen-bond acceptors (Lipinski definition) is 4. The highest BCUT2D eigenvalue weighted by Crippen LogP contribution is 2.24. The highest BCUT2D eigenvalue weighted by Gasteiger charge is 2.28. The number of hydrogen-bond donors (Lipinski definition) is 1. The standard InChI is InChI=1S/C14H15N3OS/c18-14(13-9-16-10-19-13)17-7-6-15-8-12(17)11-4-2-1-3-5-11/h1-5,9-10,12,15H,6-8H2/t12-/m1/s1. The second-order valence-corrected chi connectivity index (χ2v) is 5.38. The Bertz CT molecular complexity index is 541. The molecule has 0 radical (unpaired) electrons. The van der Waals surface area contributed by atoms with E-state index in [1.165, 1.54) is 16.9 Å². The third-order valence-electron chi connectivity index (χ3n) is 3.33. The van der Waals surface area contributed by atoms with Crippen molar-refractivity contribution in [3.05, 3.63) is 52.5 Å². The average Bonchev–Trinajstić information content (AvgIpc) is 3.02. The molecule has 4 nitrogen and oxygen atoms in total. The number of carbonyl (C=O) groups excluding carboxylic acids is 1. The molecule has 1 saturated heterocycles. The van der Waals surface area contributed by atoms with Crippen molar-refractivity contribution in [3.63, 3.8) is 0 Å². The first-order valence-corrected chi connectivity index (χ1v) is 7.19. The van der Waals surface area contributed by atoms with Crippen LogP contribution in [0, 0.1) is 0 Å². The van der Waals surface area contributed by atoms with Crippen LogP contribution in [0.3, 0.4) is 0 Å². The first-order valence-electron chi connectivity index (χ1n) is 6.31. The summed E-state index contributed by atoms with van der Waals surface area (Å²) < 4.78 is 0. The molecule has 0 bridgehead atoms. The van der Waals surface area contributed by atoms with Crippen LogP contribution in [0.15, 0.2) is 42.0 Å². The Hall–Kier alpha value is -1.72. The maximum atomic E-state index is 12.5. The molecule has 3 rings (SSSR count). The number of benzene rings is 1. The Balaban J connectivity index is 1.87. The second kappa shape index (κ2) is 5.50. The molecule has 98 valence electrons. The van der Waals surface area contributed by atoms with Gasteiger partial charge < -0.3 is 10.2 Å². The number of aromatic nitrogens is 1. The minimum atomic E-state index is 0.0813. The largest absolute Gasteiger partial charge is 0.328 e. The fourth-order valence-corrected chi connectivity index (χ4v) is 2.96. The molecule has 0 spiro atoms. The van der Waals surface area contributed by atoms with Crippen LogP contribution in [-0.2, 0) is 0 Å². The summed E-state index contributed by atoms with van der Waals surface area (Å²) in [5.41, 5.74) is 2.88. The highest BCUT2D eigenvalue weighted by molar-refractivity contribution is 7.11. The van der Waals surface area contributed by atoms with Gasteiger partial charge in [-0.25, -0.2) is 0 Å². The number of rotatable bonds is 2. The van der Waals surface area contributed by atoms with Gasteiger partial charge in [0.25, 0.3) is 5.91 Å². The van der Waals surface area contributed by atoms with E-state index in [-0.39, 0.29) is 11.9 Å². The van der Waals surface area contributed by atoms with E-state index in [0.29, 0.717) is 4.88 Å². The zero-order valence-corrected chi connectivity index (χ0v) is 11.3. The molecule has 1 aromatic heterocycles. The van der Waals surface area contributed by atoms with Crippen LogP contribution < -0.4 is 5.32 Å². The molecule has 0 unspecified atom stereocenters. The van der Waals surface area contributed by atoms with Gasteiger partial charge in [0.05, 0.1) is 17.7 Å². The van der Waals surface area contributed by atoms with Crippen molar-refractivity contribution >= 4 is 17.2 Å². The van der Waals surface area contributed by atoms with Crippen molar-refractivity contribution in [1.82, 2.24) is 15.2 Å². The van der Waals surface area contributed by atoms with Crippen LogP contribution >= 0.6 is 11.3 Å². The second-order valence-electron chi connectivity index (χ2n) is 4.49. The molecule has 1 aromatic carbocycles. The molecular formula is C14H15N3OS. The Morgan fingerprint density at radius 1 is 1.37 bits per heavy atom. The summed E-state index contributed by atoms with van der Waals surface area (Å²) in [7, 11) is 0. The van der Waals surface area contributed by atoms with E-state index in [4.69, 9.17) is 0 Å². The summed E-state index contributed by atoms with van der Waals surface area (Å²) in [5.74, 6) is 0.0813. The summed E-state index contributed by atoms with van der Waals surface area (Å²) in [6.45, 7) is 2.37. The van der Waals surface area contributed by atoms with Crippen molar-refractivity contribution in [3.8, 4) is 0 Å². The summed E-state index contributed by atoms with van der Waals surface area (Å²) in [6.07, 6.45) is 1.65. The zero-order chi connectivity index (χ0) is 13.1. The lowest BCUT2D eigenvalue weighted by atomic mass is 10.0. The van der Waals surface area contributed by atoms with Crippen LogP contribution in [0.4, 0.5) is 0 Å². The number of nitrogens with zero attached hydrogens (tertiary/aromatic N) is 2. The molecule has 1 atom stereocenters. The van der Waals surface area contributed by atoms with Gasteiger partial charge in [0, 0.05) is 19.6 Å². The Morgan fingerprint density at radius 2 is 2.21 bits per heavy atom. The SMILES string of the molecule is O=C(c1cncs1)N1CCNC[C@@H]1c1ccccc1. The van der Waals surface area contributed by atoms with E-state index < -0.39 is 0 Å². The third-order valence-corrected chi connectivity index (χ3v) is 4.09. The lowest BCUT2D eigenvalue weighted by Crippen LogP contribution is -2.48. The predicted octanol–water partition coefficient (Wildman–Crippen LogP) is 1.93. The Morgan fingerprint density at radius 3 is 2.95 bits per heavy atom. The fraction of sp³-hybridized carbons (Fsp3) is 0.286. The molecule has 0 saturated carbocycles. The normalized spacial score (nSPS) is 19.4. The molecule has 1 aliphatic rings. The smallest absolute Gasteiger partial charge is 0.266 e. The van der Waals surface area contributed by atoms with Crippen molar-refractivity contribution in [1.29, 1.82) is 0 Å². The van der Waals surface area contributed by atoms with Crippen molar-refractivity contribution < 1.29 is 4.79 Å². The molecule has 19 heavy (non-hydrogen) atoms. The summed E-state index contributed by atoms with van der Waals surface area (Å²) >= 11 is 1.40. The number of carbonyl (C=O) groups is 1. The summed E-state index contributed by atoms with van der Waals surface area (Å²) in [4.78, 5) is 19.2. The summed E-state index contributed by atoms with van der Waals surface area (Å²) in [6, 6.07) is 10.3. The van der Waals surface area contributed by atoms with Gasteiger partial charge in [-0.2, -0.15) is 0 Å². The molecule has 0 aliphatic carbocycles. The topological polar surface area (TPSA) is 45.2 Å². The van der Waals surface area contributed by atoms with Gasteiger partial charge in [0.2, 0.25) is 0 Å². The van der Waals surface area contributed by atoms with Gasteiger partial charge >= 0.3 is 0 Å². The molecule has 1 amide bonds. The maximum Gasteiger partial charge on any atom is 0.266 e. The lowest BCUT2D eigenvalue weighted by molar-refractivity contribution is 0.0639. The minimum Gasteiger partial charge on any atom is -0.328 e. The van der Waals surface area contributed by atoms with Crippen LogP contribution in [0.5, 0.6) is 0 Å². The third kappa shape index (κ3) is 2.52. The van der Waals surface area contributed by atoms with E-state index in [1.54, 1.807) is 11.7 Å². The van der Waals surface area contributed by atoms with Crippen molar-refractivity contribution in [2.75, 3.05) is 19.6 Å². The van der Waals surface area contributed by atoms with Gasteiger partial charge in [-0.15, -0.1) is 11.3 Å². The van der Waals surface area contributed by atoms with E-state index in [2.05, 4.69) is 22.4 Å².